The fraction of sp³-hybridized carbons (Fsp3) is 0.154. The minimum atomic E-state index is 0.476. The van der Waals surface area contributed by atoms with Crippen LogP contribution >= 0.6 is 0 Å². The highest BCUT2D eigenvalue weighted by Crippen LogP contribution is 2.35. The lowest BCUT2D eigenvalue weighted by Crippen LogP contribution is -2.03. The number of nitrogens with zero attached hydrogens (tertiary/aromatic N) is 1. The molecule has 1 aliphatic heterocycles. The molecule has 0 saturated heterocycles. The van der Waals surface area contributed by atoms with E-state index in [1.165, 1.54) is 16.8 Å². The summed E-state index contributed by atoms with van der Waals surface area (Å²) < 4.78 is 0. The van der Waals surface area contributed by atoms with Crippen LogP contribution in [0.25, 0.3) is 0 Å². The van der Waals surface area contributed by atoms with Crippen molar-refractivity contribution < 1.29 is 0 Å². The van der Waals surface area contributed by atoms with Crippen molar-refractivity contribution >= 4 is 5.69 Å². The van der Waals surface area contributed by atoms with Crippen LogP contribution in [0.2, 0.25) is 0 Å². The van der Waals surface area contributed by atoms with E-state index in [4.69, 9.17) is 0 Å². The number of para-hydroxylation sites is 1. The van der Waals surface area contributed by atoms with E-state index >= 15 is 0 Å². The largest absolute Gasteiger partial charge is 0.384 e. The molecule has 0 radical (unpaired) electrons. The summed E-state index contributed by atoms with van der Waals surface area (Å²) in [4.78, 5) is 4.05. The summed E-state index contributed by atoms with van der Waals surface area (Å²) >= 11 is 0. The van der Waals surface area contributed by atoms with Gasteiger partial charge in [0.05, 0.1) is 0 Å². The van der Waals surface area contributed by atoms with Crippen molar-refractivity contribution in [1.29, 1.82) is 0 Å². The Labute approximate surface area is 89.0 Å². The minimum Gasteiger partial charge on any atom is -0.384 e. The number of hydrogen-bond acceptors (Lipinski definition) is 2. The molecule has 1 unspecified atom stereocenters. The molecular formula is C13H12N2. The van der Waals surface area contributed by atoms with Crippen LogP contribution in [-0.2, 0) is 0 Å². The van der Waals surface area contributed by atoms with Gasteiger partial charge in [-0.05, 0) is 29.3 Å². The number of fused-ring (bicyclic) bond motifs is 1. The van der Waals surface area contributed by atoms with Crippen LogP contribution in [0.15, 0.2) is 48.8 Å². The van der Waals surface area contributed by atoms with Gasteiger partial charge in [0.1, 0.15) is 0 Å². The van der Waals surface area contributed by atoms with Gasteiger partial charge >= 0.3 is 0 Å². The van der Waals surface area contributed by atoms with Crippen LogP contribution in [0.5, 0.6) is 0 Å². The third-order valence-corrected chi connectivity index (χ3v) is 2.94. The van der Waals surface area contributed by atoms with Gasteiger partial charge < -0.3 is 5.32 Å². The maximum atomic E-state index is 4.05. The van der Waals surface area contributed by atoms with Crippen molar-refractivity contribution in [2.45, 2.75) is 5.92 Å². The Morgan fingerprint density at radius 2 is 1.87 bits per heavy atom. The molecule has 1 aromatic carbocycles. The van der Waals surface area contributed by atoms with Gasteiger partial charge in [0.15, 0.2) is 0 Å². The maximum absolute atomic E-state index is 4.05. The third-order valence-electron chi connectivity index (χ3n) is 2.94. The highest BCUT2D eigenvalue weighted by atomic mass is 14.9. The lowest BCUT2D eigenvalue weighted by atomic mass is 9.94. The minimum absolute atomic E-state index is 0.476. The van der Waals surface area contributed by atoms with Gasteiger partial charge in [-0.1, -0.05) is 18.2 Å². The van der Waals surface area contributed by atoms with Crippen LogP contribution in [-0.4, -0.2) is 11.5 Å². The van der Waals surface area contributed by atoms with Crippen molar-refractivity contribution in [3.05, 3.63) is 59.9 Å². The molecule has 1 aliphatic rings. The normalized spacial score (nSPS) is 18.3. The zero-order valence-electron chi connectivity index (χ0n) is 8.35. The molecule has 1 atom stereocenters. The van der Waals surface area contributed by atoms with E-state index in [-0.39, 0.29) is 0 Å². The van der Waals surface area contributed by atoms with Gasteiger partial charge in [-0.25, -0.2) is 0 Å². The first-order chi connectivity index (χ1) is 7.45. The van der Waals surface area contributed by atoms with Gasteiger partial charge in [-0.2, -0.15) is 0 Å². The van der Waals surface area contributed by atoms with Crippen LogP contribution in [0.1, 0.15) is 17.0 Å². The maximum Gasteiger partial charge on any atom is 0.0379 e. The molecule has 15 heavy (non-hydrogen) atoms. The zero-order valence-corrected chi connectivity index (χ0v) is 8.35. The Bertz CT molecular complexity index is 465. The summed E-state index contributed by atoms with van der Waals surface area (Å²) in [5, 5.41) is 3.43. The average molecular weight is 196 g/mol. The standard InChI is InChI=1S/C13H12N2/c1-2-4-13-11(3-1)12(9-15-13)10-5-7-14-8-6-10/h1-8,12,15H,9H2. The molecule has 3 rings (SSSR count). The van der Waals surface area contributed by atoms with Crippen LogP contribution in [0.3, 0.4) is 0 Å². The van der Waals surface area contributed by atoms with Crippen molar-refractivity contribution in [2.24, 2.45) is 0 Å². The second-order valence-corrected chi connectivity index (χ2v) is 3.80. The molecule has 0 amide bonds. The molecule has 0 spiro atoms. The summed E-state index contributed by atoms with van der Waals surface area (Å²) in [6.45, 7) is 0.989. The van der Waals surface area contributed by atoms with Gasteiger partial charge in [-0.15, -0.1) is 0 Å². The van der Waals surface area contributed by atoms with Gasteiger partial charge in [-0.3, -0.25) is 4.98 Å². The Balaban J connectivity index is 2.05. The Morgan fingerprint density at radius 3 is 2.73 bits per heavy atom. The first-order valence-electron chi connectivity index (χ1n) is 5.18. The second-order valence-electron chi connectivity index (χ2n) is 3.80. The second kappa shape index (κ2) is 3.39. The van der Waals surface area contributed by atoms with Crippen molar-refractivity contribution in [2.75, 3.05) is 11.9 Å². The summed E-state index contributed by atoms with van der Waals surface area (Å²) in [6, 6.07) is 12.7. The molecule has 0 bridgehead atoms. The van der Waals surface area contributed by atoms with Crippen LogP contribution in [0, 0.1) is 0 Å². The van der Waals surface area contributed by atoms with E-state index in [2.05, 4.69) is 46.7 Å². The summed E-state index contributed by atoms with van der Waals surface area (Å²) in [7, 11) is 0. The fourth-order valence-electron chi connectivity index (χ4n) is 2.18. The molecule has 2 heteroatoms. The highest BCUT2D eigenvalue weighted by Gasteiger charge is 2.22. The lowest BCUT2D eigenvalue weighted by Gasteiger charge is -2.09. The Morgan fingerprint density at radius 1 is 1.07 bits per heavy atom. The van der Waals surface area contributed by atoms with Crippen molar-refractivity contribution in [1.82, 2.24) is 4.98 Å². The molecule has 2 nitrogen and oxygen atoms in total. The molecular weight excluding hydrogens is 184 g/mol. The predicted molar refractivity (Wildman–Crippen MR) is 61.0 cm³/mol. The molecule has 2 heterocycles. The number of anilines is 1. The molecule has 0 saturated carbocycles. The van der Waals surface area contributed by atoms with E-state index in [1.807, 2.05) is 12.4 Å². The number of nitrogens with one attached hydrogen (secondary N) is 1. The average Bonchev–Trinajstić information content (AvgIpc) is 2.74. The van der Waals surface area contributed by atoms with Crippen LogP contribution < -0.4 is 5.32 Å². The van der Waals surface area contributed by atoms with Gasteiger partial charge in [0, 0.05) is 30.5 Å². The van der Waals surface area contributed by atoms with E-state index < -0.39 is 0 Å². The molecule has 0 fully saturated rings. The monoisotopic (exact) mass is 196 g/mol. The smallest absolute Gasteiger partial charge is 0.0379 e. The Kier molecular flexibility index (Phi) is 1.91. The van der Waals surface area contributed by atoms with Gasteiger partial charge in [0.25, 0.3) is 0 Å². The van der Waals surface area contributed by atoms with Crippen molar-refractivity contribution in [3.63, 3.8) is 0 Å². The van der Waals surface area contributed by atoms with E-state index in [9.17, 15) is 0 Å². The Hall–Kier alpha value is -1.83. The fourth-order valence-corrected chi connectivity index (χ4v) is 2.18. The number of aromatic nitrogens is 1. The van der Waals surface area contributed by atoms with E-state index in [0.717, 1.165) is 6.54 Å². The van der Waals surface area contributed by atoms with Crippen LogP contribution in [0.4, 0.5) is 5.69 Å². The van der Waals surface area contributed by atoms with E-state index in [0.29, 0.717) is 5.92 Å². The number of rotatable bonds is 1. The molecule has 1 aromatic heterocycles. The number of benzene rings is 1. The highest BCUT2D eigenvalue weighted by molar-refractivity contribution is 5.60. The first kappa shape index (κ1) is 8.48. The van der Waals surface area contributed by atoms with E-state index in [1.54, 1.807) is 0 Å². The molecule has 0 aliphatic carbocycles. The van der Waals surface area contributed by atoms with Crippen molar-refractivity contribution in [3.8, 4) is 0 Å². The zero-order chi connectivity index (χ0) is 10.1. The molecule has 74 valence electrons. The molecule has 1 N–H and O–H groups in total. The molecule has 2 aromatic rings. The summed E-state index contributed by atoms with van der Waals surface area (Å²) in [5.41, 5.74) is 3.99. The number of pyridine rings is 1. The predicted octanol–water partition coefficient (Wildman–Crippen LogP) is 2.64. The number of hydrogen-bond donors (Lipinski definition) is 1. The topological polar surface area (TPSA) is 24.9 Å². The third kappa shape index (κ3) is 1.38. The summed E-state index contributed by atoms with van der Waals surface area (Å²) in [5.74, 6) is 0.476. The lowest BCUT2D eigenvalue weighted by molar-refractivity contribution is 0.903. The summed E-state index contributed by atoms with van der Waals surface area (Å²) in [6.07, 6.45) is 3.71. The van der Waals surface area contributed by atoms with Gasteiger partial charge in [0.2, 0.25) is 0 Å². The first-order valence-corrected chi connectivity index (χ1v) is 5.18. The SMILES string of the molecule is c1ccc2c(c1)NCC2c1ccncc1. The quantitative estimate of drug-likeness (QED) is 0.758.